The molecule has 20 heavy (non-hydrogen) atoms. The lowest BCUT2D eigenvalue weighted by Gasteiger charge is -2.30. The van der Waals surface area contributed by atoms with E-state index >= 15 is 0 Å². The van der Waals surface area contributed by atoms with Gasteiger partial charge in [-0.25, -0.2) is 9.97 Å². The minimum absolute atomic E-state index is 0.524. The van der Waals surface area contributed by atoms with Crippen molar-refractivity contribution < 1.29 is 0 Å². The highest BCUT2D eigenvalue weighted by atomic mass is 15.1. The Labute approximate surface area is 120 Å². The van der Waals surface area contributed by atoms with Crippen LogP contribution < -0.4 is 5.32 Å². The van der Waals surface area contributed by atoms with E-state index in [2.05, 4.69) is 22.2 Å². The molecule has 0 spiro atoms. The van der Waals surface area contributed by atoms with E-state index in [1.807, 2.05) is 30.2 Å². The minimum atomic E-state index is 0.524. The molecular formula is C16H24N4. The molecule has 0 aliphatic heterocycles. The molecule has 1 atom stereocenters. The fourth-order valence-electron chi connectivity index (χ4n) is 3.43. The van der Waals surface area contributed by atoms with Gasteiger partial charge in [-0.15, -0.1) is 0 Å². The van der Waals surface area contributed by atoms with E-state index < -0.39 is 0 Å². The summed E-state index contributed by atoms with van der Waals surface area (Å²) in [6.07, 6.45) is 11.7. The molecule has 0 saturated heterocycles. The minimum Gasteiger partial charge on any atom is -0.365 e. The third-order valence-electron chi connectivity index (χ3n) is 4.62. The number of aryl methyl sites for hydroxylation is 1. The summed E-state index contributed by atoms with van der Waals surface area (Å²) in [5.41, 5.74) is 2.13. The van der Waals surface area contributed by atoms with Crippen LogP contribution in [0.25, 0.3) is 11.0 Å². The quantitative estimate of drug-likeness (QED) is 0.922. The van der Waals surface area contributed by atoms with E-state index in [1.165, 1.54) is 32.1 Å². The van der Waals surface area contributed by atoms with Crippen LogP contribution in [0.2, 0.25) is 0 Å². The second-order valence-corrected chi connectivity index (χ2v) is 5.94. The zero-order chi connectivity index (χ0) is 13.9. The second kappa shape index (κ2) is 5.81. The van der Waals surface area contributed by atoms with Gasteiger partial charge >= 0.3 is 0 Å². The van der Waals surface area contributed by atoms with Crippen molar-refractivity contribution in [1.82, 2.24) is 14.5 Å². The summed E-state index contributed by atoms with van der Waals surface area (Å²) < 4.78 is 2.05. The van der Waals surface area contributed by atoms with E-state index in [4.69, 9.17) is 0 Å². The Kier molecular flexibility index (Phi) is 3.90. The Morgan fingerprint density at radius 1 is 1.30 bits per heavy atom. The normalized spacial score (nSPS) is 18.3. The van der Waals surface area contributed by atoms with Crippen LogP contribution in [0.15, 0.2) is 18.6 Å². The van der Waals surface area contributed by atoms with Gasteiger partial charge in [-0.3, -0.25) is 0 Å². The number of hydrogen-bond acceptors (Lipinski definition) is 3. The average Bonchev–Trinajstić information content (AvgIpc) is 2.88. The molecule has 4 nitrogen and oxygen atoms in total. The predicted octanol–water partition coefficient (Wildman–Crippen LogP) is 3.74. The van der Waals surface area contributed by atoms with E-state index in [0.29, 0.717) is 6.04 Å². The van der Waals surface area contributed by atoms with Crippen molar-refractivity contribution in [2.75, 3.05) is 5.32 Å². The Hall–Kier alpha value is -1.58. The Balaban J connectivity index is 1.83. The van der Waals surface area contributed by atoms with E-state index in [1.54, 1.807) is 0 Å². The molecule has 1 N–H and O–H groups in total. The number of pyridine rings is 1. The van der Waals surface area contributed by atoms with Crippen molar-refractivity contribution in [3.63, 3.8) is 0 Å². The summed E-state index contributed by atoms with van der Waals surface area (Å²) in [7, 11) is 2.03. The summed E-state index contributed by atoms with van der Waals surface area (Å²) in [4.78, 5) is 9.00. The number of nitrogens with zero attached hydrogens (tertiary/aromatic N) is 3. The van der Waals surface area contributed by atoms with Crippen LogP contribution in [-0.2, 0) is 7.05 Å². The van der Waals surface area contributed by atoms with Gasteiger partial charge in [0, 0.05) is 19.3 Å². The second-order valence-electron chi connectivity index (χ2n) is 5.94. The van der Waals surface area contributed by atoms with Crippen LogP contribution in [-0.4, -0.2) is 20.6 Å². The molecule has 0 radical (unpaired) electrons. The van der Waals surface area contributed by atoms with Gasteiger partial charge in [-0.2, -0.15) is 0 Å². The maximum Gasteiger partial charge on any atom is 0.154 e. The molecule has 3 rings (SSSR count). The number of fused-ring (bicyclic) bond motifs is 1. The molecule has 108 valence electrons. The smallest absolute Gasteiger partial charge is 0.154 e. The van der Waals surface area contributed by atoms with E-state index in [0.717, 1.165) is 29.2 Å². The SMILES string of the molecule is CCC(Nc1nccc2c1ncn2C)C1CCCCC1. The van der Waals surface area contributed by atoms with Gasteiger partial charge in [0.25, 0.3) is 0 Å². The highest BCUT2D eigenvalue weighted by molar-refractivity contribution is 5.85. The number of anilines is 1. The first-order valence-corrected chi connectivity index (χ1v) is 7.82. The highest BCUT2D eigenvalue weighted by Gasteiger charge is 2.23. The summed E-state index contributed by atoms with van der Waals surface area (Å²) in [5.74, 6) is 1.73. The van der Waals surface area contributed by atoms with Gasteiger partial charge in [-0.05, 0) is 31.2 Å². The molecule has 2 heterocycles. The largest absolute Gasteiger partial charge is 0.365 e. The van der Waals surface area contributed by atoms with Crippen LogP contribution >= 0.6 is 0 Å². The summed E-state index contributed by atoms with van der Waals surface area (Å²) in [6, 6.07) is 2.55. The molecule has 0 aromatic carbocycles. The topological polar surface area (TPSA) is 42.7 Å². The third-order valence-corrected chi connectivity index (χ3v) is 4.62. The summed E-state index contributed by atoms with van der Waals surface area (Å²) >= 11 is 0. The van der Waals surface area contributed by atoms with Crippen molar-refractivity contribution >= 4 is 16.9 Å². The van der Waals surface area contributed by atoms with Crippen LogP contribution in [0.5, 0.6) is 0 Å². The van der Waals surface area contributed by atoms with Crippen LogP contribution in [0.1, 0.15) is 45.4 Å². The lowest BCUT2D eigenvalue weighted by molar-refractivity contribution is 0.312. The zero-order valence-corrected chi connectivity index (χ0v) is 12.5. The van der Waals surface area contributed by atoms with Gasteiger partial charge in [-0.1, -0.05) is 26.2 Å². The summed E-state index contributed by atoms with van der Waals surface area (Å²) in [5, 5.41) is 3.67. The fourth-order valence-corrected chi connectivity index (χ4v) is 3.43. The maximum atomic E-state index is 4.52. The van der Waals surface area contributed by atoms with E-state index in [-0.39, 0.29) is 0 Å². The standard InChI is InChI=1S/C16H24N4/c1-3-13(12-7-5-4-6-8-12)19-16-15-14(9-10-17-16)20(2)11-18-15/h9-13H,3-8H2,1-2H3,(H,17,19). The Bertz CT molecular complexity index is 569. The van der Waals surface area contributed by atoms with Crippen molar-refractivity contribution in [3.05, 3.63) is 18.6 Å². The van der Waals surface area contributed by atoms with Crippen LogP contribution in [0.3, 0.4) is 0 Å². The lowest BCUT2D eigenvalue weighted by atomic mass is 9.83. The van der Waals surface area contributed by atoms with Gasteiger partial charge in [0.15, 0.2) is 5.82 Å². The first-order chi connectivity index (χ1) is 9.79. The van der Waals surface area contributed by atoms with Crippen LogP contribution in [0.4, 0.5) is 5.82 Å². The molecule has 0 bridgehead atoms. The number of aromatic nitrogens is 3. The first-order valence-electron chi connectivity index (χ1n) is 7.82. The molecule has 0 amide bonds. The van der Waals surface area contributed by atoms with Crippen molar-refractivity contribution in [2.24, 2.45) is 13.0 Å². The van der Waals surface area contributed by atoms with Gasteiger partial charge in [0.05, 0.1) is 11.8 Å². The summed E-state index contributed by atoms with van der Waals surface area (Å²) in [6.45, 7) is 2.27. The zero-order valence-electron chi connectivity index (χ0n) is 12.5. The lowest BCUT2D eigenvalue weighted by Crippen LogP contribution is -2.30. The monoisotopic (exact) mass is 272 g/mol. The van der Waals surface area contributed by atoms with Gasteiger partial charge in [0.2, 0.25) is 0 Å². The van der Waals surface area contributed by atoms with Crippen molar-refractivity contribution in [2.45, 2.75) is 51.5 Å². The van der Waals surface area contributed by atoms with Crippen molar-refractivity contribution in [3.8, 4) is 0 Å². The maximum absolute atomic E-state index is 4.52. The molecule has 2 aromatic heterocycles. The van der Waals surface area contributed by atoms with Gasteiger partial charge < -0.3 is 9.88 Å². The third kappa shape index (κ3) is 2.51. The molecule has 1 aliphatic rings. The molecule has 1 saturated carbocycles. The van der Waals surface area contributed by atoms with Gasteiger partial charge in [0.1, 0.15) is 5.52 Å². The molecule has 1 aliphatic carbocycles. The number of imidazole rings is 1. The molecule has 4 heteroatoms. The first kappa shape index (κ1) is 13.4. The Morgan fingerprint density at radius 2 is 2.10 bits per heavy atom. The average molecular weight is 272 g/mol. The predicted molar refractivity (Wildman–Crippen MR) is 82.8 cm³/mol. The number of nitrogens with one attached hydrogen (secondary N) is 1. The van der Waals surface area contributed by atoms with E-state index in [9.17, 15) is 0 Å². The molecular weight excluding hydrogens is 248 g/mol. The Morgan fingerprint density at radius 3 is 2.85 bits per heavy atom. The number of hydrogen-bond donors (Lipinski definition) is 1. The van der Waals surface area contributed by atoms with Crippen molar-refractivity contribution in [1.29, 1.82) is 0 Å². The molecule has 1 unspecified atom stereocenters. The van der Waals surface area contributed by atoms with Crippen LogP contribution in [0, 0.1) is 5.92 Å². The highest BCUT2D eigenvalue weighted by Crippen LogP contribution is 2.30. The molecule has 2 aromatic rings. The number of rotatable bonds is 4. The fraction of sp³-hybridized carbons (Fsp3) is 0.625. The molecule has 1 fully saturated rings.